The van der Waals surface area contributed by atoms with Crippen molar-refractivity contribution in [2.24, 2.45) is 0 Å². The van der Waals surface area contributed by atoms with Crippen molar-refractivity contribution in [3.8, 4) is 0 Å². The summed E-state index contributed by atoms with van der Waals surface area (Å²) in [6, 6.07) is 31.3. The number of fused-ring (bicyclic) bond motifs is 4. The highest BCUT2D eigenvalue weighted by molar-refractivity contribution is 6.66. The Morgan fingerprint density at radius 1 is 0.519 bits per heavy atom. The molecule has 1 fully saturated rings. The maximum atomic E-state index is 12.8. The summed E-state index contributed by atoms with van der Waals surface area (Å²) in [7, 11) is 1.53. The average molecular weight is 681 g/mol. The van der Waals surface area contributed by atoms with Crippen molar-refractivity contribution in [3.63, 3.8) is 0 Å². The lowest BCUT2D eigenvalue weighted by Crippen LogP contribution is -2.27. The van der Waals surface area contributed by atoms with Gasteiger partial charge in [0, 0.05) is 22.7 Å². The van der Waals surface area contributed by atoms with Gasteiger partial charge in [-0.1, -0.05) is 91.0 Å². The number of methoxy groups -OCH3 is 1. The van der Waals surface area contributed by atoms with Gasteiger partial charge in [-0.15, -0.1) is 0 Å². The van der Waals surface area contributed by atoms with Crippen molar-refractivity contribution >= 4 is 141 Å². The van der Waals surface area contributed by atoms with E-state index in [1.807, 2.05) is 0 Å². The van der Waals surface area contributed by atoms with Gasteiger partial charge in [0.25, 0.3) is 0 Å². The van der Waals surface area contributed by atoms with Crippen molar-refractivity contribution in [1.82, 2.24) is 0 Å². The summed E-state index contributed by atoms with van der Waals surface area (Å²) in [5.41, 5.74) is 6.75. The van der Waals surface area contributed by atoms with Crippen LogP contribution in [0.25, 0.3) is 135 Å². The minimum atomic E-state index is -0.275. The summed E-state index contributed by atoms with van der Waals surface area (Å²) in [5, 5.41) is 35.8. The molecule has 3 unspecified atom stereocenters. The number of benzene rings is 9. The smallest absolute Gasteiger partial charge is 0.305 e. The quantitative estimate of drug-likeness (QED) is 0.134. The van der Waals surface area contributed by atoms with Gasteiger partial charge in [0.15, 0.2) is 0 Å². The standard InChI is InChI=1S/C52H24O2/c1-54-30(53)8-5-18-50(20-6-3-2-4-7-20)51-19-17-28-27-14-13-24-23-10-9-21-22-11-12-25-26-15-16-29(51)38-37(26)41-34(25)33(22)39-31(21)32(23)40-35(24)36(27)46-45-43(40)42(39)44(41)47(45)49(38)52(50,51)48(28)46/h2-4,6-7,9-17,19H,5,8,18H2,1H3. The molecule has 0 aromatic heterocycles. The molecule has 0 saturated heterocycles. The number of hydrogen-bond acceptors (Lipinski definition) is 2. The van der Waals surface area contributed by atoms with Gasteiger partial charge in [-0.3, -0.25) is 4.79 Å². The second-order valence-corrected chi connectivity index (χ2v) is 17.8. The molecular formula is C52H24O2. The summed E-state index contributed by atoms with van der Waals surface area (Å²) in [6.07, 6.45) is 7.36. The molecule has 2 heteroatoms. The Bertz CT molecular complexity index is 4150. The first kappa shape index (κ1) is 24.9. The maximum absolute atomic E-state index is 12.8. The van der Waals surface area contributed by atoms with Crippen LogP contribution in [0.5, 0.6) is 0 Å². The first-order valence-electron chi connectivity index (χ1n) is 19.7. The summed E-state index contributed by atoms with van der Waals surface area (Å²) < 4.78 is 5.26. The number of allylic oxidation sites excluding steroid dienone is 1. The minimum Gasteiger partial charge on any atom is -0.469 e. The monoisotopic (exact) mass is 680 g/mol. The van der Waals surface area contributed by atoms with Gasteiger partial charge in [-0.25, -0.2) is 0 Å². The number of carbonyl (C=O) groups excluding carboxylic acids is 1. The molecule has 0 heterocycles. The summed E-state index contributed by atoms with van der Waals surface area (Å²) in [6.45, 7) is 0. The van der Waals surface area contributed by atoms with Crippen molar-refractivity contribution in [1.29, 1.82) is 0 Å². The van der Waals surface area contributed by atoms with Crippen LogP contribution >= 0.6 is 0 Å². The third kappa shape index (κ3) is 1.74. The second kappa shape index (κ2) is 6.71. The molecule has 4 aliphatic carbocycles. The first-order chi connectivity index (χ1) is 26.7. The van der Waals surface area contributed by atoms with Crippen molar-refractivity contribution < 1.29 is 9.53 Å². The first-order valence-corrected chi connectivity index (χ1v) is 19.7. The number of ether oxygens (including phenoxy) is 1. The van der Waals surface area contributed by atoms with Gasteiger partial charge < -0.3 is 4.74 Å². The summed E-state index contributed by atoms with van der Waals surface area (Å²) in [5.74, 6) is -0.115. The highest BCUT2D eigenvalue weighted by Gasteiger charge is 2.91. The third-order valence-corrected chi connectivity index (χ3v) is 16.9. The van der Waals surface area contributed by atoms with Crippen LogP contribution in [0.3, 0.4) is 0 Å². The maximum Gasteiger partial charge on any atom is 0.305 e. The fraction of sp³-hybridized carbons (Fsp3) is 0.135. The molecule has 1 spiro atoms. The Balaban J connectivity index is 1.22. The Labute approximate surface area is 305 Å². The van der Waals surface area contributed by atoms with Gasteiger partial charge >= 0.3 is 5.97 Å². The number of hydrogen-bond donors (Lipinski definition) is 0. The molecule has 0 amide bonds. The minimum absolute atomic E-state index is 0.115. The van der Waals surface area contributed by atoms with Crippen LogP contribution in [0.15, 0.2) is 84.9 Å². The Kier molecular flexibility index (Phi) is 3.09. The largest absolute Gasteiger partial charge is 0.469 e. The molecule has 54 heavy (non-hydrogen) atoms. The molecule has 2 nitrogen and oxygen atoms in total. The zero-order valence-corrected chi connectivity index (χ0v) is 29.1. The molecule has 4 aliphatic rings. The van der Waals surface area contributed by atoms with Crippen LogP contribution in [0.1, 0.15) is 47.1 Å². The average Bonchev–Trinajstić information content (AvgIpc) is 3.88. The summed E-state index contributed by atoms with van der Waals surface area (Å²) >= 11 is 0. The van der Waals surface area contributed by atoms with Crippen LogP contribution in [-0.4, -0.2) is 13.1 Å². The van der Waals surface area contributed by atoms with E-state index in [1.165, 1.54) is 126 Å². The molecule has 14 aromatic carbocycles. The molecule has 0 N–H and O–H groups in total. The van der Waals surface area contributed by atoms with Crippen LogP contribution in [0, 0.1) is 0 Å². The van der Waals surface area contributed by atoms with E-state index in [0.29, 0.717) is 6.42 Å². The van der Waals surface area contributed by atoms with E-state index >= 15 is 0 Å². The number of rotatable bonds is 5. The van der Waals surface area contributed by atoms with E-state index in [-0.39, 0.29) is 22.2 Å². The zero-order valence-electron chi connectivity index (χ0n) is 29.1. The van der Waals surface area contributed by atoms with Gasteiger partial charge in [0.05, 0.1) is 7.11 Å². The Morgan fingerprint density at radius 2 is 1.00 bits per heavy atom. The fourth-order valence-corrected chi connectivity index (χ4v) is 16.0. The molecule has 18 rings (SSSR count). The lowest BCUT2D eigenvalue weighted by Gasteiger charge is -2.32. The van der Waals surface area contributed by atoms with Gasteiger partial charge in [-0.05, 0) is 170 Å². The molecule has 244 valence electrons. The normalized spacial score (nSPS) is 24.1. The van der Waals surface area contributed by atoms with Crippen molar-refractivity contribution in [3.05, 3.63) is 113 Å². The topological polar surface area (TPSA) is 26.3 Å². The second-order valence-electron chi connectivity index (χ2n) is 17.8. The SMILES string of the molecule is COC(=O)CCCC1(c2ccccc2)C23C=Cc4c5c6c7c4ccc4c8ccc9c%10ccc%11c%12ccc2c2c(c%13c6c6c(c47)c8c9c4c%10c%11c(c2%12)c%13c46)C531. The van der Waals surface area contributed by atoms with E-state index in [2.05, 4.69) is 91.0 Å². The highest BCUT2D eigenvalue weighted by atomic mass is 16.5. The fourth-order valence-electron chi connectivity index (χ4n) is 16.0. The number of carbonyl (C=O) groups is 1. The molecule has 3 atom stereocenters. The zero-order chi connectivity index (χ0) is 34.3. The van der Waals surface area contributed by atoms with Crippen LogP contribution in [0.2, 0.25) is 0 Å². The third-order valence-electron chi connectivity index (χ3n) is 16.9. The van der Waals surface area contributed by atoms with Gasteiger partial charge in [-0.2, -0.15) is 0 Å². The van der Waals surface area contributed by atoms with Crippen LogP contribution in [0.4, 0.5) is 0 Å². The van der Waals surface area contributed by atoms with E-state index < -0.39 is 0 Å². The summed E-state index contributed by atoms with van der Waals surface area (Å²) in [4.78, 5) is 12.8. The van der Waals surface area contributed by atoms with E-state index in [1.54, 1.807) is 38.1 Å². The molecule has 0 bridgehead atoms. The predicted molar refractivity (Wildman–Crippen MR) is 223 cm³/mol. The van der Waals surface area contributed by atoms with E-state index in [9.17, 15) is 4.79 Å². The van der Waals surface area contributed by atoms with Crippen LogP contribution in [-0.2, 0) is 25.8 Å². The Morgan fingerprint density at radius 3 is 1.61 bits per heavy atom. The lowest BCUT2D eigenvalue weighted by molar-refractivity contribution is -0.140. The van der Waals surface area contributed by atoms with Gasteiger partial charge in [0.2, 0.25) is 0 Å². The predicted octanol–water partition coefficient (Wildman–Crippen LogP) is 12.6. The molecular weight excluding hydrogens is 657 g/mol. The highest BCUT2D eigenvalue weighted by Crippen LogP contribution is 2.92. The van der Waals surface area contributed by atoms with Crippen LogP contribution < -0.4 is 0 Å². The van der Waals surface area contributed by atoms with Crippen molar-refractivity contribution in [2.45, 2.75) is 35.5 Å². The molecule has 1 saturated carbocycles. The molecule has 0 aliphatic heterocycles. The van der Waals surface area contributed by atoms with E-state index in [4.69, 9.17) is 4.74 Å². The van der Waals surface area contributed by atoms with E-state index in [0.717, 1.165) is 12.8 Å². The Hall–Kier alpha value is -6.25. The van der Waals surface area contributed by atoms with Crippen molar-refractivity contribution in [2.75, 3.05) is 7.11 Å². The van der Waals surface area contributed by atoms with Gasteiger partial charge in [0.1, 0.15) is 0 Å². The number of esters is 1. The molecule has 0 radical (unpaired) electrons. The lowest BCUT2D eigenvalue weighted by atomic mass is 9.69. The molecule has 14 aromatic rings.